The van der Waals surface area contributed by atoms with Crippen LogP contribution in [0.4, 0.5) is 0 Å². The zero-order valence-electron chi connectivity index (χ0n) is 19.5. The van der Waals surface area contributed by atoms with E-state index in [1.807, 2.05) is 16.9 Å². The van der Waals surface area contributed by atoms with E-state index < -0.39 is 0 Å². The van der Waals surface area contributed by atoms with E-state index in [2.05, 4.69) is 62.8 Å². The summed E-state index contributed by atoms with van der Waals surface area (Å²) in [6.07, 6.45) is 8.33. The van der Waals surface area contributed by atoms with Crippen molar-refractivity contribution in [2.45, 2.75) is 38.1 Å². The van der Waals surface area contributed by atoms with Crippen LogP contribution >= 0.6 is 0 Å². The predicted molar refractivity (Wildman–Crippen MR) is 127 cm³/mol. The fourth-order valence-electron chi connectivity index (χ4n) is 4.73. The standard InChI is InChI=1S/C25H25N7O2/c1-14(2)32-22-9-15(5-6-16(22)12-28-32)17-10-18(17)19-11-21(30-31-8-7-26-23(19)31)20-13-27-25(34-4)29-24(20)33-3/h5-9,11-14,17-18H,10H2,1-4H3/t17-,18+/m1/s1. The van der Waals surface area contributed by atoms with Gasteiger partial charge in [0.05, 0.1) is 37.2 Å². The summed E-state index contributed by atoms with van der Waals surface area (Å²) in [4.78, 5) is 13.2. The van der Waals surface area contributed by atoms with E-state index in [9.17, 15) is 0 Å². The van der Waals surface area contributed by atoms with Crippen LogP contribution in [-0.4, -0.2) is 48.6 Å². The van der Waals surface area contributed by atoms with Crippen LogP contribution in [0, 0.1) is 0 Å². The highest BCUT2D eigenvalue weighted by Gasteiger charge is 2.41. The number of rotatable bonds is 6. The minimum Gasteiger partial charge on any atom is -0.480 e. The van der Waals surface area contributed by atoms with Crippen LogP contribution in [0.25, 0.3) is 27.8 Å². The molecule has 172 valence electrons. The summed E-state index contributed by atoms with van der Waals surface area (Å²) in [5.41, 5.74) is 5.99. The Morgan fingerprint density at radius 1 is 1.03 bits per heavy atom. The third-order valence-corrected chi connectivity index (χ3v) is 6.50. The molecule has 1 fully saturated rings. The molecular formula is C25H25N7O2. The van der Waals surface area contributed by atoms with Crippen LogP contribution in [-0.2, 0) is 0 Å². The maximum Gasteiger partial charge on any atom is 0.319 e. The van der Waals surface area contributed by atoms with E-state index in [-0.39, 0.29) is 6.01 Å². The van der Waals surface area contributed by atoms with Crippen LogP contribution in [0.3, 0.4) is 0 Å². The summed E-state index contributed by atoms with van der Waals surface area (Å²) in [5, 5.41) is 10.5. The predicted octanol–water partition coefficient (Wildman–Crippen LogP) is 4.41. The van der Waals surface area contributed by atoms with Crippen molar-refractivity contribution in [3.05, 3.63) is 60.2 Å². The number of ether oxygens (including phenoxy) is 2. The number of fused-ring (bicyclic) bond motifs is 2. The van der Waals surface area contributed by atoms with Crippen molar-refractivity contribution >= 4 is 16.6 Å². The Labute approximate surface area is 196 Å². The van der Waals surface area contributed by atoms with E-state index in [0.717, 1.165) is 23.3 Å². The molecule has 0 spiro atoms. The van der Waals surface area contributed by atoms with Gasteiger partial charge in [0, 0.05) is 35.6 Å². The van der Waals surface area contributed by atoms with Gasteiger partial charge < -0.3 is 9.47 Å². The minimum absolute atomic E-state index is 0.253. The van der Waals surface area contributed by atoms with Gasteiger partial charge >= 0.3 is 6.01 Å². The number of imidazole rings is 1. The lowest BCUT2D eigenvalue weighted by molar-refractivity contribution is 0.353. The van der Waals surface area contributed by atoms with Crippen molar-refractivity contribution in [2.75, 3.05) is 14.2 Å². The number of hydrogen-bond acceptors (Lipinski definition) is 7. The number of nitrogens with zero attached hydrogens (tertiary/aromatic N) is 7. The molecule has 2 atom stereocenters. The number of hydrogen-bond donors (Lipinski definition) is 0. The molecular weight excluding hydrogens is 430 g/mol. The molecule has 9 nitrogen and oxygen atoms in total. The molecule has 1 aliphatic rings. The van der Waals surface area contributed by atoms with Gasteiger partial charge in [0.15, 0.2) is 5.65 Å². The monoisotopic (exact) mass is 455 g/mol. The fourth-order valence-corrected chi connectivity index (χ4v) is 4.73. The summed E-state index contributed by atoms with van der Waals surface area (Å²) in [7, 11) is 3.11. The molecule has 34 heavy (non-hydrogen) atoms. The molecule has 0 aliphatic heterocycles. The van der Waals surface area contributed by atoms with Gasteiger partial charge in [0.25, 0.3) is 0 Å². The highest BCUT2D eigenvalue weighted by atomic mass is 16.5. The lowest BCUT2D eigenvalue weighted by Crippen LogP contribution is -2.03. The third kappa shape index (κ3) is 3.27. The number of methoxy groups -OCH3 is 2. The summed E-state index contributed by atoms with van der Waals surface area (Å²) in [6.45, 7) is 4.31. The molecule has 0 N–H and O–H groups in total. The van der Waals surface area contributed by atoms with Gasteiger partial charge in [-0.15, -0.1) is 0 Å². The molecule has 0 amide bonds. The van der Waals surface area contributed by atoms with Crippen LogP contribution in [0.2, 0.25) is 0 Å². The van der Waals surface area contributed by atoms with E-state index >= 15 is 0 Å². The molecule has 1 aliphatic carbocycles. The largest absolute Gasteiger partial charge is 0.480 e. The second kappa shape index (κ2) is 7.79. The Morgan fingerprint density at radius 2 is 1.91 bits per heavy atom. The van der Waals surface area contributed by atoms with E-state index in [4.69, 9.17) is 14.6 Å². The maximum atomic E-state index is 5.50. The van der Waals surface area contributed by atoms with Crippen LogP contribution < -0.4 is 9.47 Å². The molecule has 0 unspecified atom stereocenters. The normalized spacial score (nSPS) is 17.6. The number of benzene rings is 1. The van der Waals surface area contributed by atoms with Crippen LogP contribution in [0.15, 0.2) is 49.1 Å². The van der Waals surface area contributed by atoms with Crippen molar-refractivity contribution < 1.29 is 9.47 Å². The highest BCUT2D eigenvalue weighted by molar-refractivity contribution is 5.80. The molecule has 6 rings (SSSR count). The molecule has 1 aromatic carbocycles. The van der Waals surface area contributed by atoms with Crippen LogP contribution in [0.1, 0.15) is 49.3 Å². The molecule has 9 heteroatoms. The maximum absolute atomic E-state index is 5.50. The highest BCUT2D eigenvalue weighted by Crippen LogP contribution is 2.56. The fraction of sp³-hybridized carbons (Fsp3) is 0.320. The topological polar surface area (TPSA) is 92.3 Å². The van der Waals surface area contributed by atoms with E-state index in [1.54, 1.807) is 19.5 Å². The van der Waals surface area contributed by atoms with Gasteiger partial charge in [-0.25, -0.2) is 14.5 Å². The van der Waals surface area contributed by atoms with Crippen molar-refractivity contribution in [1.82, 2.24) is 34.3 Å². The second-order valence-electron chi connectivity index (χ2n) is 8.91. The summed E-state index contributed by atoms with van der Waals surface area (Å²) >= 11 is 0. The molecule has 5 aromatic rings. The third-order valence-electron chi connectivity index (χ3n) is 6.50. The molecule has 0 radical (unpaired) electrons. The Hall–Kier alpha value is -4.01. The summed E-state index contributed by atoms with van der Waals surface area (Å²) in [5.74, 6) is 1.19. The van der Waals surface area contributed by atoms with Crippen molar-refractivity contribution in [3.8, 4) is 23.1 Å². The van der Waals surface area contributed by atoms with Gasteiger partial charge in [0.1, 0.15) is 0 Å². The Kier molecular flexibility index (Phi) is 4.72. The van der Waals surface area contributed by atoms with Gasteiger partial charge in [-0.3, -0.25) is 4.68 Å². The summed E-state index contributed by atoms with van der Waals surface area (Å²) < 4.78 is 14.6. The zero-order chi connectivity index (χ0) is 23.4. The zero-order valence-corrected chi connectivity index (χ0v) is 19.5. The quantitative estimate of drug-likeness (QED) is 0.375. The first-order valence-corrected chi connectivity index (χ1v) is 11.3. The Bertz CT molecular complexity index is 1520. The van der Waals surface area contributed by atoms with E-state index in [0.29, 0.717) is 29.3 Å². The van der Waals surface area contributed by atoms with Crippen molar-refractivity contribution in [2.24, 2.45) is 0 Å². The molecule has 1 saturated carbocycles. The molecule has 4 aromatic heterocycles. The van der Waals surface area contributed by atoms with Gasteiger partial charge in [-0.05, 0) is 49.8 Å². The first kappa shape index (κ1) is 20.6. The number of aromatic nitrogens is 7. The average molecular weight is 456 g/mol. The average Bonchev–Trinajstić information content (AvgIpc) is 3.30. The Morgan fingerprint density at radius 3 is 2.71 bits per heavy atom. The second-order valence-corrected chi connectivity index (χ2v) is 8.91. The lowest BCUT2D eigenvalue weighted by atomic mass is 10.0. The molecule has 0 saturated heterocycles. The van der Waals surface area contributed by atoms with E-state index in [1.165, 1.54) is 23.6 Å². The lowest BCUT2D eigenvalue weighted by Gasteiger charge is -2.11. The molecule has 4 heterocycles. The Balaban J connectivity index is 1.40. The van der Waals surface area contributed by atoms with Crippen molar-refractivity contribution in [1.29, 1.82) is 0 Å². The summed E-state index contributed by atoms with van der Waals surface area (Å²) in [6, 6.07) is 9.36. The first-order chi connectivity index (χ1) is 16.6. The minimum atomic E-state index is 0.253. The smallest absolute Gasteiger partial charge is 0.319 e. The van der Waals surface area contributed by atoms with Gasteiger partial charge in [-0.2, -0.15) is 15.2 Å². The first-order valence-electron chi connectivity index (χ1n) is 11.3. The van der Waals surface area contributed by atoms with Crippen LogP contribution in [0.5, 0.6) is 11.9 Å². The van der Waals surface area contributed by atoms with Gasteiger partial charge in [-0.1, -0.05) is 12.1 Å². The molecule has 0 bridgehead atoms. The van der Waals surface area contributed by atoms with Crippen molar-refractivity contribution in [3.63, 3.8) is 0 Å². The van der Waals surface area contributed by atoms with Gasteiger partial charge in [0.2, 0.25) is 5.88 Å². The SMILES string of the molecule is COc1ncc(-c2cc([C@H]3C[C@@H]3c3ccc4cnn(C(C)C)c4c3)c3nccn3n2)c(OC)n1.